The van der Waals surface area contributed by atoms with Crippen LogP contribution in [-0.2, 0) is 0 Å². The monoisotopic (exact) mass is 378 g/mol. The van der Waals surface area contributed by atoms with Gasteiger partial charge < -0.3 is 0 Å². The van der Waals surface area contributed by atoms with Gasteiger partial charge in [0.15, 0.2) is 0 Å². The summed E-state index contributed by atoms with van der Waals surface area (Å²) < 4.78 is 29.1. The summed E-state index contributed by atoms with van der Waals surface area (Å²) in [5.41, 5.74) is 4.29. The van der Waals surface area contributed by atoms with E-state index in [1.54, 1.807) is 22.7 Å². The molecule has 0 amide bonds. The topological polar surface area (TPSA) is 0 Å². The van der Waals surface area contributed by atoms with E-state index in [-0.39, 0.29) is 11.6 Å². The molecule has 0 fully saturated rings. The van der Waals surface area contributed by atoms with Crippen molar-refractivity contribution in [3.05, 3.63) is 83.1 Å². The molecule has 0 saturated heterocycles. The van der Waals surface area contributed by atoms with Crippen molar-refractivity contribution in [3.63, 3.8) is 0 Å². The molecule has 2 aromatic heterocycles. The minimum Gasteiger partial charge on any atom is -0.207 e. The third-order valence-corrected chi connectivity index (χ3v) is 6.45. The van der Waals surface area contributed by atoms with Gasteiger partial charge in [0.1, 0.15) is 11.6 Å². The Labute approximate surface area is 157 Å². The van der Waals surface area contributed by atoms with Crippen molar-refractivity contribution in [1.29, 1.82) is 0 Å². The zero-order chi connectivity index (χ0) is 17.7. The SMILES string of the molecule is Fc1ccc(-c2c3ccsc3c(-c3ccc(F)cc3)c3ccsc23)cc1. The Kier molecular flexibility index (Phi) is 3.62. The van der Waals surface area contributed by atoms with Crippen molar-refractivity contribution in [3.8, 4) is 22.3 Å². The van der Waals surface area contributed by atoms with E-state index in [1.165, 1.54) is 33.7 Å². The van der Waals surface area contributed by atoms with Gasteiger partial charge >= 0.3 is 0 Å². The van der Waals surface area contributed by atoms with Gasteiger partial charge in [0.2, 0.25) is 0 Å². The molecule has 4 heteroatoms. The smallest absolute Gasteiger partial charge is 0.123 e. The van der Waals surface area contributed by atoms with E-state index in [2.05, 4.69) is 22.9 Å². The zero-order valence-electron chi connectivity index (χ0n) is 13.5. The Balaban J connectivity index is 1.90. The van der Waals surface area contributed by atoms with Crippen molar-refractivity contribution in [2.24, 2.45) is 0 Å². The number of thiophene rings is 2. The molecule has 2 heterocycles. The van der Waals surface area contributed by atoms with Gasteiger partial charge in [-0.2, -0.15) is 0 Å². The zero-order valence-corrected chi connectivity index (χ0v) is 15.1. The lowest BCUT2D eigenvalue weighted by Gasteiger charge is -2.12. The summed E-state index contributed by atoms with van der Waals surface area (Å²) >= 11 is 3.36. The molecule has 0 spiro atoms. The molecule has 0 N–H and O–H groups in total. The van der Waals surface area contributed by atoms with Crippen molar-refractivity contribution < 1.29 is 8.78 Å². The van der Waals surface area contributed by atoms with Gasteiger partial charge in [0.05, 0.1) is 0 Å². The Morgan fingerprint density at radius 3 is 1.27 bits per heavy atom. The molecule has 0 nitrogen and oxygen atoms in total. The van der Waals surface area contributed by atoms with Crippen LogP contribution >= 0.6 is 22.7 Å². The quantitative estimate of drug-likeness (QED) is 0.295. The second-order valence-corrected chi connectivity index (χ2v) is 7.92. The van der Waals surface area contributed by atoms with Crippen molar-refractivity contribution in [1.82, 2.24) is 0 Å². The van der Waals surface area contributed by atoms with E-state index < -0.39 is 0 Å². The van der Waals surface area contributed by atoms with Crippen LogP contribution in [0.1, 0.15) is 0 Å². The molecular weight excluding hydrogens is 366 g/mol. The van der Waals surface area contributed by atoms with E-state index >= 15 is 0 Å². The number of hydrogen-bond donors (Lipinski definition) is 0. The fourth-order valence-electron chi connectivity index (χ4n) is 3.45. The van der Waals surface area contributed by atoms with Crippen molar-refractivity contribution in [2.45, 2.75) is 0 Å². The van der Waals surface area contributed by atoms with Crippen LogP contribution in [0, 0.1) is 11.6 Å². The second kappa shape index (κ2) is 6.01. The molecule has 5 rings (SSSR count). The Bertz CT molecular complexity index is 1080. The van der Waals surface area contributed by atoms with Gasteiger partial charge in [-0.3, -0.25) is 0 Å². The number of hydrogen-bond acceptors (Lipinski definition) is 2. The van der Waals surface area contributed by atoms with E-state index in [9.17, 15) is 8.78 Å². The molecule has 5 aromatic rings. The summed E-state index contributed by atoms with van der Waals surface area (Å²) in [4.78, 5) is 0. The molecule has 0 bridgehead atoms. The standard InChI is InChI=1S/C22H12F2S2/c23-15-5-1-13(2-6-15)19-17-9-11-26-22(17)20(18-10-12-25-21(18)19)14-3-7-16(24)8-4-14/h1-12H. The molecule has 0 radical (unpaired) electrons. The van der Waals surface area contributed by atoms with E-state index in [1.807, 2.05) is 24.3 Å². The van der Waals surface area contributed by atoms with Crippen LogP contribution in [0.2, 0.25) is 0 Å². The van der Waals surface area contributed by atoms with Gasteiger partial charge in [-0.25, -0.2) is 8.78 Å². The highest BCUT2D eigenvalue weighted by atomic mass is 32.1. The van der Waals surface area contributed by atoms with E-state index in [0.29, 0.717) is 0 Å². The minimum atomic E-state index is -0.235. The highest BCUT2D eigenvalue weighted by Gasteiger charge is 2.18. The van der Waals surface area contributed by atoms with Gasteiger partial charge in [0.25, 0.3) is 0 Å². The highest BCUT2D eigenvalue weighted by Crippen LogP contribution is 2.47. The Morgan fingerprint density at radius 2 is 0.885 bits per heavy atom. The maximum atomic E-state index is 13.4. The van der Waals surface area contributed by atoms with Crippen LogP contribution in [0.3, 0.4) is 0 Å². The third kappa shape index (κ3) is 2.37. The van der Waals surface area contributed by atoms with Crippen LogP contribution in [0.5, 0.6) is 0 Å². The summed E-state index contributed by atoms with van der Waals surface area (Å²) in [5, 5.41) is 6.45. The normalized spacial score (nSPS) is 11.5. The highest BCUT2D eigenvalue weighted by molar-refractivity contribution is 7.20. The number of rotatable bonds is 2. The first-order valence-corrected chi connectivity index (χ1v) is 9.90. The molecule has 126 valence electrons. The predicted molar refractivity (Wildman–Crippen MR) is 108 cm³/mol. The maximum Gasteiger partial charge on any atom is 0.123 e. The predicted octanol–water partition coefficient (Wildman–Crippen LogP) is 7.73. The molecule has 0 unspecified atom stereocenters. The Hall–Kier alpha value is -2.56. The first kappa shape index (κ1) is 15.7. The number of fused-ring (bicyclic) bond motifs is 2. The van der Waals surface area contributed by atoms with Crippen LogP contribution < -0.4 is 0 Å². The fraction of sp³-hybridized carbons (Fsp3) is 0. The van der Waals surface area contributed by atoms with Crippen LogP contribution in [-0.4, -0.2) is 0 Å². The molecule has 0 aliphatic rings. The van der Waals surface area contributed by atoms with Crippen LogP contribution in [0.25, 0.3) is 42.4 Å². The summed E-state index contributed by atoms with van der Waals surface area (Å²) in [6.07, 6.45) is 0. The molecule has 0 aliphatic carbocycles. The first-order valence-electron chi connectivity index (χ1n) is 8.14. The van der Waals surface area contributed by atoms with E-state index in [0.717, 1.165) is 33.0 Å². The lowest BCUT2D eigenvalue weighted by atomic mass is 9.94. The average Bonchev–Trinajstić information content (AvgIpc) is 3.31. The first-order chi connectivity index (χ1) is 12.7. The number of benzene rings is 3. The second-order valence-electron chi connectivity index (χ2n) is 6.09. The summed E-state index contributed by atoms with van der Waals surface area (Å²) in [7, 11) is 0. The molecule has 26 heavy (non-hydrogen) atoms. The summed E-state index contributed by atoms with van der Waals surface area (Å²) in [5.74, 6) is -0.471. The molecule has 0 aliphatic heterocycles. The van der Waals surface area contributed by atoms with Crippen molar-refractivity contribution in [2.75, 3.05) is 0 Å². The third-order valence-electron chi connectivity index (χ3n) is 4.59. The minimum absolute atomic E-state index is 0.235. The largest absolute Gasteiger partial charge is 0.207 e. The van der Waals surface area contributed by atoms with E-state index in [4.69, 9.17) is 0 Å². The maximum absolute atomic E-state index is 13.4. The molecular formula is C22H12F2S2. The molecule has 0 atom stereocenters. The number of halogens is 2. The fourth-order valence-corrected chi connectivity index (χ4v) is 5.42. The molecule has 0 saturated carbocycles. The Morgan fingerprint density at radius 1 is 0.500 bits per heavy atom. The lowest BCUT2D eigenvalue weighted by molar-refractivity contribution is 0.627. The van der Waals surface area contributed by atoms with Crippen LogP contribution in [0.15, 0.2) is 71.4 Å². The molecule has 3 aromatic carbocycles. The lowest BCUT2D eigenvalue weighted by Crippen LogP contribution is -1.86. The van der Waals surface area contributed by atoms with Gasteiger partial charge in [-0.15, -0.1) is 22.7 Å². The van der Waals surface area contributed by atoms with Crippen LogP contribution in [0.4, 0.5) is 8.78 Å². The summed E-state index contributed by atoms with van der Waals surface area (Å²) in [6.45, 7) is 0. The van der Waals surface area contributed by atoms with Gasteiger partial charge in [-0.1, -0.05) is 24.3 Å². The van der Waals surface area contributed by atoms with Gasteiger partial charge in [0, 0.05) is 31.3 Å². The average molecular weight is 378 g/mol. The van der Waals surface area contributed by atoms with Crippen molar-refractivity contribution >= 4 is 42.8 Å². The summed E-state index contributed by atoms with van der Waals surface area (Å²) in [6, 6.07) is 17.6. The van der Waals surface area contributed by atoms with Gasteiger partial charge in [-0.05, 0) is 58.3 Å².